The van der Waals surface area contributed by atoms with Gasteiger partial charge in [-0.25, -0.2) is 23.2 Å². The van der Waals surface area contributed by atoms with E-state index in [1.807, 2.05) is 55.1 Å². The highest BCUT2D eigenvalue weighted by atomic mass is 32.2. The molecule has 1 saturated carbocycles. The second-order valence-corrected chi connectivity index (χ2v) is 14.8. The van der Waals surface area contributed by atoms with Crippen molar-refractivity contribution < 1.29 is 31.3 Å². The molecule has 4 aromatic rings. The van der Waals surface area contributed by atoms with Gasteiger partial charge in [0.15, 0.2) is 0 Å². The van der Waals surface area contributed by atoms with Gasteiger partial charge in [-0.15, -0.1) is 0 Å². The average Bonchev–Trinajstić information content (AvgIpc) is 3.49. The van der Waals surface area contributed by atoms with Crippen LogP contribution in [0.25, 0.3) is 5.69 Å². The number of hydrogen-bond donors (Lipinski definition) is 3. The van der Waals surface area contributed by atoms with Gasteiger partial charge in [0.1, 0.15) is 28.8 Å². The summed E-state index contributed by atoms with van der Waals surface area (Å²) in [6.45, 7) is 7.69. The Hall–Kier alpha value is -4.89. The van der Waals surface area contributed by atoms with Gasteiger partial charge in [0.05, 0.1) is 29.5 Å². The summed E-state index contributed by atoms with van der Waals surface area (Å²) >= 11 is 0. The summed E-state index contributed by atoms with van der Waals surface area (Å²) in [6, 6.07) is 14.9. The van der Waals surface area contributed by atoms with Gasteiger partial charge in [-0.2, -0.15) is 13.5 Å². The summed E-state index contributed by atoms with van der Waals surface area (Å²) in [6.07, 6.45) is 8.02. The molecule has 3 amide bonds. The zero-order valence-electron chi connectivity index (χ0n) is 29.1. The molecule has 12 nitrogen and oxygen atoms in total. The van der Waals surface area contributed by atoms with Crippen LogP contribution in [0.2, 0.25) is 0 Å². The standard InChI is InChI=1S/C35H39F2N7O2.CH4O3S/c1-23-10-12-26(13-11-23)44-30(21-29(41-44)35(3)14-5-4-6-15-35)40-34(46)39-25-20-24(2)32(38-22-25)42-16-18-43(19-17-42)33(45)31-27(36)8-7-9-28(31)37;1-5(2,3)4/h7-13,20-22H,4-6,14-19H2,1-3H3,(H2,39,40,46);1H3,(H,2,3,4). The number of nitrogens with one attached hydrogen (secondary N) is 2. The van der Waals surface area contributed by atoms with E-state index in [0.29, 0.717) is 43.9 Å². The topological polar surface area (TPSA) is 150 Å². The van der Waals surface area contributed by atoms with Gasteiger partial charge in [-0.3, -0.25) is 14.7 Å². The molecular weight excluding hydrogens is 681 g/mol. The van der Waals surface area contributed by atoms with Crippen LogP contribution in [-0.4, -0.2) is 77.0 Å². The van der Waals surface area contributed by atoms with Crippen LogP contribution < -0.4 is 15.5 Å². The number of aryl methyl sites for hydroxylation is 2. The van der Waals surface area contributed by atoms with Crippen LogP contribution in [0.5, 0.6) is 0 Å². The van der Waals surface area contributed by atoms with E-state index < -0.39 is 39.3 Å². The van der Waals surface area contributed by atoms with Crippen molar-refractivity contribution in [3.63, 3.8) is 0 Å². The monoisotopic (exact) mass is 723 g/mol. The smallest absolute Gasteiger partial charge is 0.324 e. The first-order valence-corrected chi connectivity index (χ1v) is 18.6. The highest BCUT2D eigenvalue weighted by Crippen LogP contribution is 2.39. The maximum absolute atomic E-state index is 14.2. The number of piperazine rings is 1. The van der Waals surface area contributed by atoms with Crippen LogP contribution in [0, 0.1) is 25.5 Å². The van der Waals surface area contributed by atoms with Crippen molar-refractivity contribution in [1.82, 2.24) is 19.7 Å². The molecule has 3 heterocycles. The molecule has 1 aliphatic heterocycles. The van der Waals surface area contributed by atoms with Crippen molar-refractivity contribution in [3.05, 3.63) is 94.8 Å². The van der Waals surface area contributed by atoms with Crippen LogP contribution in [0.1, 0.15) is 66.2 Å². The van der Waals surface area contributed by atoms with Crippen molar-refractivity contribution in [2.75, 3.05) is 48.0 Å². The van der Waals surface area contributed by atoms with Gasteiger partial charge in [-0.1, -0.05) is 49.9 Å². The van der Waals surface area contributed by atoms with Crippen LogP contribution in [0.4, 0.5) is 30.9 Å². The highest BCUT2D eigenvalue weighted by Gasteiger charge is 2.33. The van der Waals surface area contributed by atoms with E-state index in [0.717, 1.165) is 53.3 Å². The van der Waals surface area contributed by atoms with Crippen LogP contribution in [0.15, 0.2) is 60.8 Å². The fourth-order valence-corrected chi connectivity index (χ4v) is 6.46. The molecule has 2 aromatic carbocycles. The third-order valence-corrected chi connectivity index (χ3v) is 9.16. The van der Waals surface area contributed by atoms with Gasteiger partial charge in [0.25, 0.3) is 16.0 Å². The van der Waals surface area contributed by atoms with Gasteiger partial charge < -0.3 is 15.1 Å². The van der Waals surface area contributed by atoms with Crippen molar-refractivity contribution in [2.45, 2.75) is 58.3 Å². The molecule has 6 rings (SSSR count). The lowest BCUT2D eigenvalue weighted by Gasteiger charge is -2.36. The summed E-state index contributed by atoms with van der Waals surface area (Å²) in [5, 5.41) is 10.9. The lowest BCUT2D eigenvalue weighted by atomic mass is 9.73. The van der Waals surface area contributed by atoms with Crippen LogP contribution in [-0.2, 0) is 15.5 Å². The molecule has 1 aliphatic carbocycles. The number of hydrogen-bond acceptors (Lipinski definition) is 7. The van der Waals surface area contributed by atoms with Crippen LogP contribution >= 0.6 is 0 Å². The number of pyridine rings is 1. The number of halogens is 2. The molecule has 2 aliphatic rings. The SMILES string of the molecule is CS(=O)(=O)O.Cc1ccc(-n2nc(C3(C)CCCCC3)cc2NC(=O)Nc2cnc(N3CCN(C(=O)c4c(F)cccc4F)CC3)c(C)c2)cc1. The van der Waals surface area contributed by atoms with Crippen molar-refractivity contribution in [3.8, 4) is 5.69 Å². The van der Waals surface area contributed by atoms with Crippen molar-refractivity contribution >= 4 is 39.4 Å². The maximum atomic E-state index is 14.2. The minimum Gasteiger partial charge on any atom is -0.353 e. The number of benzene rings is 2. The quantitative estimate of drug-likeness (QED) is 0.191. The van der Waals surface area contributed by atoms with E-state index >= 15 is 0 Å². The van der Waals surface area contributed by atoms with E-state index in [2.05, 4.69) is 22.5 Å². The van der Waals surface area contributed by atoms with E-state index in [4.69, 9.17) is 9.65 Å². The summed E-state index contributed by atoms with van der Waals surface area (Å²) in [4.78, 5) is 34.1. The Kier molecular flexibility index (Phi) is 11.4. The molecule has 51 heavy (non-hydrogen) atoms. The maximum Gasteiger partial charge on any atom is 0.324 e. The minimum absolute atomic E-state index is 0.0370. The molecule has 0 spiro atoms. The minimum atomic E-state index is -3.67. The lowest BCUT2D eigenvalue weighted by Crippen LogP contribution is -2.49. The van der Waals surface area contributed by atoms with E-state index in [9.17, 15) is 26.8 Å². The van der Waals surface area contributed by atoms with Crippen molar-refractivity contribution in [2.24, 2.45) is 0 Å². The summed E-state index contributed by atoms with van der Waals surface area (Å²) in [5.74, 6) is -1.08. The predicted molar refractivity (Wildman–Crippen MR) is 192 cm³/mol. The number of carbonyl (C=O) groups excluding carboxylic acids is 2. The molecule has 272 valence electrons. The van der Waals surface area contributed by atoms with Crippen LogP contribution in [0.3, 0.4) is 0 Å². The van der Waals surface area contributed by atoms with Gasteiger partial charge in [0, 0.05) is 37.7 Å². The average molecular weight is 724 g/mol. The summed E-state index contributed by atoms with van der Waals surface area (Å²) in [5.41, 5.74) is 3.80. The largest absolute Gasteiger partial charge is 0.353 e. The predicted octanol–water partition coefficient (Wildman–Crippen LogP) is 6.49. The zero-order valence-corrected chi connectivity index (χ0v) is 29.9. The normalized spacial score (nSPS) is 15.8. The van der Waals surface area contributed by atoms with Gasteiger partial charge in [-0.05, 0) is 62.6 Å². The molecule has 2 aromatic heterocycles. The summed E-state index contributed by atoms with van der Waals surface area (Å²) < 4.78 is 56.0. The third-order valence-electron chi connectivity index (χ3n) is 9.16. The Morgan fingerprint density at radius 3 is 2.10 bits per heavy atom. The number of nitrogens with zero attached hydrogens (tertiary/aromatic N) is 5. The molecule has 3 N–H and O–H groups in total. The molecule has 15 heteroatoms. The van der Waals surface area contributed by atoms with Gasteiger partial charge >= 0.3 is 6.03 Å². The Bertz CT molecular complexity index is 1960. The highest BCUT2D eigenvalue weighted by molar-refractivity contribution is 7.85. The number of carbonyl (C=O) groups is 2. The second-order valence-electron chi connectivity index (χ2n) is 13.3. The van der Waals surface area contributed by atoms with Gasteiger partial charge in [0.2, 0.25) is 0 Å². The van der Waals surface area contributed by atoms with E-state index in [1.54, 1.807) is 10.9 Å². The fraction of sp³-hybridized carbons (Fsp3) is 0.389. The zero-order chi connectivity index (χ0) is 36.9. The molecule has 0 bridgehead atoms. The van der Waals surface area contributed by atoms with E-state index in [1.165, 1.54) is 30.2 Å². The first-order valence-electron chi connectivity index (χ1n) is 16.7. The Balaban J connectivity index is 0.000000943. The number of anilines is 3. The number of aromatic nitrogens is 3. The second kappa shape index (κ2) is 15.6. The molecule has 0 radical (unpaired) electrons. The molecule has 1 saturated heterocycles. The molecular formula is C36H43F2N7O5S. The molecule has 2 fully saturated rings. The number of rotatable bonds is 6. The first-order chi connectivity index (χ1) is 24.1. The first kappa shape index (κ1) is 37.4. The number of urea groups is 1. The van der Waals surface area contributed by atoms with E-state index in [-0.39, 0.29) is 5.41 Å². The summed E-state index contributed by atoms with van der Waals surface area (Å²) in [7, 11) is -3.67. The Morgan fingerprint density at radius 1 is 0.902 bits per heavy atom. The Morgan fingerprint density at radius 2 is 1.51 bits per heavy atom. The molecule has 0 unspecified atom stereocenters. The molecule has 0 atom stereocenters. The third kappa shape index (κ3) is 9.47. The number of amides is 3. The fourth-order valence-electron chi connectivity index (χ4n) is 6.46. The Labute approximate surface area is 296 Å². The lowest BCUT2D eigenvalue weighted by molar-refractivity contribution is 0.0736. The van der Waals surface area contributed by atoms with Crippen molar-refractivity contribution in [1.29, 1.82) is 0 Å².